The molecule has 0 saturated carbocycles. The van der Waals surface area contributed by atoms with Crippen LogP contribution in [0.3, 0.4) is 0 Å². The number of nitrogens with zero attached hydrogens (tertiary/aromatic N) is 3. The van der Waals surface area contributed by atoms with E-state index in [9.17, 15) is 9.59 Å². The lowest BCUT2D eigenvalue weighted by Gasteiger charge is -2.32. The quantitative estimate of drug-likeness (QED) is 0.783. The Balaban J connectivity index is 2.26. The Morgan fingerprint density at radius 2 is 2.04 bits per heavy atom. The van der Waals surface area contributed by atoms with Gasteiger partial charge in [0, 0.05) is 13.1 Å². The molecule has 1 amide bonds. The molecule has 140 valence electrons. The molecule has 6 nitrogen and oxygen atoms in total. The van der Waals surface area contributed by atoms with Gasteiger partial charge < -0.3 is 9.64 Å². The second-order valence-corrected chi connectivity index (χ2v) is 8.02. The van der Waals surface area contributed by atoms with Crippen molar-refractivity contribution in [2.75, 3.05) is 19.7 Å². The second kappa shape index (κ2) is 7.58. The molecule has 25 heavy (non-hydrogen) atoms. The fourth-order valence-electron chi connectivity index (χ4n) is 3.40. The highest BCUT2D eigenvalue weighted by Crippen LogP contribution is 2.28. The summed E-state index contributed by atoms with van der Waals surface area (Å²) in [5.41, 5.74) is 1.42. The summed E-state index contributed by atoms with van der Waals surface area (Å²) in [5.74, 6) is -0.271. The Labute approximate surface area is 150 Å². The molecular formula is C19H31N3O3. The van der Waals surface area contributed by atoms with Crippen molar-refractivity contribution in [1.29, 1.82) is 0 Å². The van der Waals surface area contributed by atoms with Crippen molar-refractivity contribution >= 4 is 11.9 Å². The topological polar surface area (TPSA) is 64.4 Å². The summed E-state index contributed by atoms with van der Waals surface area (Å²) in [5, 5.41) is 4.49. The summed E-state index contributed by atoms with van der Waals surface area (Å²) in [6, 6.07) is 0. The molecule has 6 heteroatoms. The van der Waals surface area contributed by atoms with E-state index in [2.05, 4.69) is 39.7 Å². The van der Waals surface area contributed by atoms with E-state index in [0.717, 1.165) is 18.5 Å². The van der Waals surface area contributed by atoms with Crippen LogP contribution in [-0.4, -0.2) is 46.3 Å². The maximum atomic E-state index is 13.1. The fraction of sp³-hybridized carbons (Fsp3) is 0.737. The number of hydrogen-bond acceptors (Lipinski definition) is 4. The molecule has 0 spiro atoms. The number of esters is 1. The standard InChI is InChI=1S/C19H31N3O3/c1-7-25-18(24)14-9-8-10-21(12-14)17(23)15-11-20-22(19(4,5)6)16(15)13(2)3/h11,13-14H,7-10,12H2,1-6H3/t14-/m0/s1. The van der Waals surface area contributed by atoms with Gasteiger partial charge in [-0.2, -0.15) is 5.10 Å². The van der Waals surface area contributed by atoms with Gasteiger partial charge in [-0.3, -0.25) is 14.3 Å². The summed E-state index contributed by atoms with van der Waals surface area (Å²) in [6.45, 7) is 13.7. The van der Waals surface area contributed by atoms with Crippen LogP contribution >= 0.6 is 0 Å². The summed E-state index contributed by atoms with van der Waals surface area (Å²) in [7, 11) is 0. The van der Waals surface area contributed by atoms with Gasteiger partial charge in [-0.1, -0.05) is 13.8 Å². The van der Waals surface area contributed by atoms with Crippen LogP contribution in [0.5, 0.6) is 0 Å². The number of hydrogen-bond donors (Lipinski definition) is 0. The van der Waals surface area contributed by atoms with Gasteiger partial charge in [0.05, 0.1) is 35.5 Å². The predicted molar refractivity (Wildman–Crippen MR) is 96.6 cm³/mol. The molecule has 0 unspecified atom stereocenters. The van der Waals surface area contributed by atoms with Crippen molar-refractivity contribution in [1.82, 2.24) is 14.7 Å². The first-order valence-electron chi connectivity index (χ1n) is 9.21. The number of aromatic nitrogens is 2. The molecule has 2 rings (SSSR count). The molecule has 0 aromatic carbocycles. The Morgan fingerprint density at radius 1 is 1.36 bits per heavy atom. The van der Waals surface area contributed by atoms with Crippen molar-refractivity contribution < 1.29 is 14.3 Å². The van der Waals surface area contributed by atoms with E-state index < -0.39 is 0 Å². The van der Waals surface area contributed by atoms with Crippen LogP contribution in [0.1, 0.15) is 76.4 Å². The lowest BCUT2D eigenvalue weighted by molar-refractivity contribution is -0.149. The van der Waals surface area contributed by atoms with E-state index in [-0.39, 0.29) is 29.3 Å². The zero-order valence-corrected chi connectivity index (χ0v) is 16.3. The van der Waals surface area contributed by atoms with Gasteiger partial charge in [0.1, 0.15) is 0 Å². The van der Waals surface area contributed by atoms with Gasteiger partial charge in [0.25, 0.3) is 5.91 Å². The molecule has 1 aliphatic heterocycles. The number of likely N-dealkylation sites (tertiary alicyclic amines) is 1. The molecule has 0 bridgehead atoms. The molecular weight excluding hydrogens is 318 g/mol. The number of carbonyl (C=O) groups excluding carboxylic acids is 2. The van der Waals surface area contributed by atoms with Crippen LogP contribution in [-0.2, 0) is 15.1 Å². The number of carbonyl (C=O) groups is 2. The minimum Gasteiger partial charge on any atom is -0.466 e. The average Bonchev–Trinajstić information content (AvgIpc) is 3.00. The predicted octanol–water partition coefficient (Wildman–Crippen LogP) is 3.18. The van der Waals surface area contributed by atoms with E-state index in [0.29, 0.717) is 25.3 Å². The third kappa shape index (κ3) is 4.22. The van der Waals surface area contributed by atoms with Crippen molar-refractivity contribution in [3.63, 3.8) is 0 Å². The highest BCUT2D eigenvalue weighted by atomic mass is 16.5. The van der Waals surface area contributed by atoms with Crippen molar-refractivity contribution in [3.8, 4) is 0 Å². The smallest absolute Gasteiger partial charge is 0.310 e. The SMILES string of the molecule is CCOC(=O)[C@H]1CCCN(C(=O)c2cnn(C(C)(C)C)c2C(C)C)C1. The van der Waals surface area contributed by atoms with Crippen LogP contribution in [0, 0.1) is 5.92 Å². The monoisotopic (exact) mass is 349 g/mol. The normalized spacial score (nSPS) is 18.5. The first-order valence-corrected chi connectivity index (χ1v) is 9.21. The van der Waals surface area contributed by atoms with Gasteiger partial charge in [0.15, 0.2) is 0 Å². The van der Waals surface area contributed by atoms with Crippen LogP contribution in [0.2, 0.25) is 0 Å². The van der Waals surface area contributed by atoms with E-state index in [1.165, 1.54) is 0 Å². The Bertz CT molecular complexity index is 628. The zero-order valence-electron chi connectivity index (χ0n) is 16.3. The highest BCUT2D eigenvalue weighted by molar-refractivity contribution is 5.95. The van der Waals surface area contributed by atoms with E-state index in [4.69, 9.17) is 4.74 Å². The molecule has 1 fully saturated rings. The lowest BCUT2D eigenvalue weighted by atomic mass is 9.96. The van der Waals surface area contributed by atoms with Crippen LogP contribution in [0.25, 0.3) is 0 Å². The van der Waals surface area contributed by atoms with Gasteiger partial charge in [-0.05, 0) is 46.5 Å². The molecule has 0 N–H and O–H groups in total. The molecule has 2 heterocycles. The average molecular weight is 349 g/mol. The van der Waals surface area contributed by atoms with E-state index >= 15 is 0 Å². The first-order chi connectivity index (χ1) is 11.7. The van der Waals surface area contributed by atoms with Crippen molar-refractivity contribution in [3.05, 3.63) is 17.5 Å². The van der Waals surface area contributed by atoms with Crippen molar-refractivity contribution in [2.45, 2.75) is 65.8 Å². The summed E-state index contributed by atoms with van der Waals surface area (Å²) in [4.78, 5) is 26.9. The number of rotatable bonds is 4. The Morgan fingerprint density at radius 3 is 2.60 bits per heavy atom. The largest absolute Gasteiger partial charge is 0.466 e. The van der Waals surface area contributed by atoms with Crippen LogP contribution in [0.4, 0.5) is 0 Å². The summed E-state index contributed by atoms with van der Waals surface area (Å²) < 4.78 is 7.07. The fourth-order valence-corrected chi connectivity index (χ4v) is 3.40. The number of amides is 1. The Kier molecular flexibility index (Phi) is 5.91. The molecule has 1 aromatic heterocycles. The maximum Gasteiger partial charge on any atom is 0.310 e. The highest BCUT2D eigenvalue weighted by Gasteiger charge is 2.33. The maximum absolute atomic E-state index is 13.1. The Hall–Kier alpha value is -1.85. The van der Waals surface area contributed by atoms with Crippen molar-refractivity contribution in [2.24, 2.45) is 5.92 Å². The van der Waals surface area contributed by atoms with E-state index in [1.807, 2.05) is 4.68 Å². The molecule has 1 aromatic rings. The molecule has 0 aliphatic carbocycles. The van der Waals surface area contributed by atoms with E-state index in [1.54, 1.807) is 18.0 Å². The lowest BCUT2D eigenvalue weighted by Crippen LogP contribution is -2.43. The van der Waals surface area contributed by atoms with Gasteiger partial charge in [-0.25, -0.2) is 0 Å². The van der Waals surface area contributed by atoms with Crippen LogP contribution in [0.15, 0.2) is 6.20 Å². The molecule has 1 saturated heterocycles. The summed E-state index contributed by atoms with van der Waals surface area (Å²) >= 11 is 0. The second-order valence-electron chi connectivity index (χ2n) is 8.02. The number of ether oxygens (including phenoxy) is 1. The number of piperidine rings is 1. The van der Waals surface area contributed by atoms with Crippen LogP contribution < -0.4 is 0 Å². The van der Waals surface area contributed by atoms with Gasteiger partial charge in [-0.15, -0.1) is 0 Å². The third-order valence-corrected chi connectivity index (χ3v) is 4.55. The molecule has 1 atom stereocenters. The minimum absolute atomic E-state index is 0.0341. The van der Waals surface area contributed by atoms with Gasteiger partial charge >= 0.3 is 5.97 Å². The zero-order chi connectivity index (χ0) is 18.8. The third-order valence-electron chi connectivity index (χ3n) is 4.55. The molecule has 1 aliphatic rings. The first kappa shape index (κ1) is 19.5. The minimum atomic E-state index is -0.224. The summed E-state index contributed by atoms with van der Waals surface area (Å²) in [6.07, 6.45) is 3.28. The van der Waals surface area contributed by atoms with Gasteiger partial charge in [0.2, 0.25) is 0 Å². The molecule has 0 radical (unpaired) electrons.